The third-order valence-corrected chi connectivity index (χ3v) is 1.93. The van der Waals surface area contributed by atoms with Gasteiger partial charge in [-0.15, -0.1) is 0 Å². The fraction of sp³-hybridized carbons (Fsp3) is 0.182. The number of hydrogen-bond acceptors (Lipinski definition) is 2. The van der Waals surface area contributed by atoms with E-state index in [1.54, 1.807) is 6.08 Å². The van der Waals surface area contributed by atoms with E-state index in [1.807, 2.05) is 24.3 Å². The van der Waals surface area contributed by atoms with Crippen molar-refractivity contribution in [1.82, 2.24) is 0 Å². The van der Waals surface area contributed by atoms with E-state index in [1.165, 1.54) is 0 Å². The van der Waals surface area contributed by atoms with Crippen molar-refractivity contribution < 1.29 is 0 Å². The van der Waals surface area contributed by atoms with Gasteiger partial charge in [0.15, 0.2) is 0 Å². The van der Waals surface area contributed by atoms with Crippen LogP contribution in [0.1, 0.15) is 23.6 Å². The Morgan fingerprint density at radius 1 is 1.54 bits per heavy atom. The summed E-state index contributed by atoms with van der Waals surface area (Å²) >= 11 is 0. The smallest absolute Gasteiger partial charge is 0.0641 e. The zero-order valence-electron chi connectivity index (χ0n) is 7.40. The second kappa shape index (κ2) is 4.44. The van der Waals surface area contributed by atoms with E-state index < -0.39 is 0 Å². The Morgan fingerprint density at radius 3 is 2.85 bits per heavy atom. The van der Waals surface area contributed by atoms with Crippen LogP contribution in [-0.4, -0.2) is 0 Å². The summed E-state index contributed by atoms with van der Waals surface area (Å²) in [4.78, 5) is 0. The fourth-order valence-corrected chi connectivity index (χ4v) is 1.24. The minimum atomic E-state index is -0.209. The van der Waals surface area contributed by atoms with Crippen molar-refractivity contribution in [3.05, 3.63) is 42.0 Å². The van der Waals surface area contributed by atoms with Crippen molar-refractivity contribution in [2.45, 2.75) is 12.5 Å². The van der Waals surface area contributed by atoms with E-state index in [0.29, 0.717) is 6.42 Å². The van der Waals surface area contributed by atoms with Crippen LogP contribution >= 0.6 is 0 Å². The van der Waals surface area contributed by atoms with Crippen LogP contribution in [0.3, 0.4) is 0 Å². The summed E-state index contributed by atoms with van der Waals surface area (Å²) in [6.45, 7) is 3.70. The maximum atomic E-state index is 8.51. The molecule has 66 valence electrons. The Labute approximate surface area is 78.3 Å². The largest absolute Gasteiger partial charge is 0.323 e. The lowest BCUT2D eigenvalue weighted by atomic mass is 9.99. The summed E-state index contributed by atoms with van der Waals surface area (Å²) in [6.07, 6.45) is 2.09. The fourth-order valence-electron chi connectivity index (χ4n) is 1.24. The van der Waals surface area contributed by atoms with Crippen LogP contribution in [0.5, 0.6) is 0 Å². The van der Waals surface area contributed by atoms with Gasteiger partial charge in [-0.1, -0.05) is 36.9 Å². The normalized spacial score (nSPS) is 11.7. The second-order valence-corrected chi connectivity index (χ2v) is 2.80. The highest BCUT2D eigenvalue weighted by molar-refractivity contribution is 5.52. The van der Waals surface area contributed by atoms with E-state index in [0.717, 1.165) is 11.1 Å². The lowest BCUT2D eigenvalue weighted by Gasteiger charge is -2.10. The summed E-state index contributed by atoms with van der Waals surface area (Å²) < 4.78 is 0. The van der Waals surface area contributed by atoms with Gasteiger partial charge in [-0.3, -0.25) is 0 Å². The second-order valence-electron chi connectivity index (χ2n) is 2.80. The molecule has 0 radical (unpaired) electrons. The Bertz CT molecular complexity index is 336. The number of nitrogens with zero attached hydrogens (tertiary/aromatic N) is 1. The van der Waals surface area contributed by atoms with Crippen molar-refractivity contribution in [3.63, 3.8) is 0 Å². The van der Waals surface area contributed by atoms with Gasteiger partial charge in [-0.2, -0.15) is 5.26 Å². The minimum Gasteiger partial charge on any atom is -0.323 e. The summed E-state index contributed by atoms with van der Waals surface area (Å²) in [7, 11) is 0. The maximum absolute atomic E-state index is 8.51. The third-order valence-electron chi connectivity index (χ3n) is 1.93. The van der Waals surface area contributed by atoms with Crippen molar-refractivity contribution in [2.75, 3.05) is 0 Å². The molecule has 0 unspecified atom stereocenters. The van der Waals surface area contributed by atoms with E-state index >= 15 is 0 Å². The number of rotatable bonds is 3. The molecule has 0 heterocycles. The molecular formula is C11H12N2. The lowest BCUT2D eigenvalue weighted by molar-refractivity contribution is 0.747. The zero-order valence-corrected chi connectivity index (χ0v) is 7.40. The first kappa shape index (κ1) is 9.50. The van der Waals surface area contributed by atoms with Gasteiger partial charge < -0.3 is 5.73 Å². The van der Waals surface area contributed by atoms with Gasteiger partial charge in [0, 0.05) is 6.04 Å². The van der Waals surface area contributed by atoms with Crippen LogP contribution in [0.25, 0.3) is 6.08 Å². The monoisotopic (exact) mass is 172 g/mol. The van der Waals surface area contributed by atoms with Gasteiger partial charge in [0.25, 0.3) is 0 Å². The third kappa shape index (κ3) is 2.17. The predicted molar refractivity (Wildman–Crippen MR) is 53.7 cm³/mol. The summed E-state index contributed by atoms with van der Waals surface area (Å²) in [5, 5.41) is 8.51. The van der Waals surface area contributed by atoms with E-state index in [-0.39, 0.29) is 6.04 Å². The molecule has 13 heavy (non-hydrogen) atoms. The first-order valence-electron chi connectivity index (χ1n) is 4.13. The summed E-state index contributed by atoms with van der Waals surface area (Å²) in [5.41, 5.74) is 7.80. The van der Waals surface area contributed by atoms with E-state index in [4.69, 9.17) is 11.0 Å². The summed E-state index contributed by atoms with van der Waals surface area (Å²) in [5.74, 6) is 0. The molecule has 0 bridgehead atoms. The van der Waals surface area contributed by atoms with Crippen LogP contribution in [0.15, 0.2) is 30.8 Å². The molecule has 1 rings (SSSR count). The average molecular weight is 172 g/mol. The minimum absolute atomic E-state index is 0.209. The quantitative estimate of drug-likeness (QED) is 0.760. The Balaban J connectivity index is 2.99. The summed E-state index contributed by atoms with van der Waals surface area (Å²) in [6, 6.07) is 9.57. The van der Waals surface area contributed by atoms with Crippen LogP contribution in [-0.2, 0) is 0 Å². The number of nitrogens with two attached hydrogens (primary N) is 1. The highest BCUT2D eigenvalue weighted by atomic mass is 14.6. The van der Waals surface area contributed by atoms with Gasteiger partial charge in [0.2, 0.25) is 0 Å². The molecule has 0 saturated carbocycles. The number of hydrogen-bond donors (Lipinski definition) is 1. The van der Waals surface area contributed by atoms with Gasteiger partial charge in [-0.25, -0.2) is 0 Å². The highest BCUT2D eigenvalue weighted by Gasteiger charge is 2.07. The molecule has 1 aromatic carbocycles. The molecule has 0 aliphatic heterocycles. The molecule has 0 aliphatic carbocycles. The molecule has 0 spiro atoms. The molecule has 1 atom stereocenters. The van der Waals surface area contributed by atoms with Crippen LogP contribution in [0, 0.1) is 11.3 Å². The van der Waals surface area contributed by atoms with Crippen molar-refractivity contribution in [1.29, 1.82) is 5.26 Å². The van der Waals surface area contributed by atoms with Gasteiger partial charge in [-0.05, 0) is 11.1 Å². The van der Waals surface area contributed by atoms with Crippen LogP contribution < -0.4 is 5.73 Å². The molecule has 0 aliphatic rings. The zero-order chi connectivity index (χ0) is 9.68. The lowest BCUT2D eigenvalue weighted by Crippen LogP contribution is -2.10. The van der Waals surface area contributed by atoms with Crippen molar-refractivity contribution >= 4 is 6.08 Å². The first-order chi connectivity index (χ1) is 6.29. The van der Waals surface area contributed by atoms with Gasteiger partial charge >= 0.3 is 0 Å². The molecule has 2 nitrogen and oxygen atoms in total. The van der Waals surface area contributed by atoms with E-state index in [2.05, 4.69) is 12.6 Å². The number of benzene rings is 1. The first-order valence-corrected chi connectivity index (χ1v) is 4.13. The Hall–Kier alpha value is -1.59. The molecule has 0 amide bonds. The number of nitriles is 1. The molecule has 0 aromatic heterocycles. The standard InChI is InChI=1S/C11H12N2/c1-2-9-5-3-4-6-10(9)11(13)7-8-12/h2-6,11H,1,7,13H2/t11-/m1/s1. The van der Waals surface area contributed by atoms with Gasteiger partial charge in [0.05, 0.1) is 12.5 Å². The Morgan fingerprint density at radius 2 is 2.23 bits per heavy atom. The maximum Gasteiger partial charge on any atom is 0.0641 e. The van der Waals surface area contributed by atoms with Crippen LogP contribution in [0.2, 0.25) is 0 Å². The Kier molecular flexibility index (Phi) is 3.24. The topological polar surface area (TPSA) is 49.8 Å². The van der Waals surface area contributed by atoms with Gasteiger partial charge in [0.1, 0.15) is 0 Å². The molecule has 2 N–H and O–H groups in total. The molecule has 0 fully saturated rings. The average Bonchev–Trinajstić information content (AvgIpc) is 2.18. The predicted octanol–water partition coefficient (Wildman–Crippen LogP) is 2.24. The molecule has 2 heteroatoms. The van der Waals surface area contributed by atoms with Crippen molar-refractivity contribution in [2.24, 2.45) is 5.73 Å². The molecule has 0 saturated heterocycles. The SMILES string of the molecule is C=Cc1ccccc1[C@H](N)CC#N. The van der Waals surface area contributed by atoms with E-state index in [9.17, 15) is 0 Å². The molecule has 1 aromatic rings. The van der Waals surface area contributed by atoms with Crippen molar-refractivity contribution in [3.8, 4) is 6.07 Å². The molecular weight excluding hydrogens is 160 g/mol. The highest BCUT2D eigenvalue weighted by Crippen LogP contribution is 2.18. The van der Waals surface area contributed by atoms with Crippen LogP contribution in [0.4, 0.5) is 0 Å².